The molecule has 6 heteroatoms. The number of carbonyl (C=O) groups excluding carboxylic acids is 1. The molecule has 4 nitrogen and oxygen atoms in total. The SMILES string of the molecule is Cc1ccsc1CNC(=O)CN1C[C@@H](N)[C@H](c2ccccc2)C1.Cl. The third-order valence-corrected chi connectivity index (χ3v) is 5.47. The van der Waals surface area contributed by atoms with E-state index in [9.17, 15) is 4.79 Å². The Morgan fingerprint density at radius 3 is 2.71 bits per heavy atom. The number of carbonyl (C=O) groups is 1. The average molecular weight is 366 g/mol. The minimum Gasteiger partial charge on any atom is -0.350 e. The van der Waals surface area contributed by atoms with Crippen LogP contribution < -0.4 is 11.1 Å². The summed E-state index contributed by atoms with van der Waals surface area (Å²) in [6, 6.07) is 12.5. The number of rotatable bonds is 5. The third-order valence-electron chi connectivity index (χ3n) is 4.45. The highest BCUT2D eigenvalue weighted by molar-refractivity contribution is 7.10. The molecular formula is C18H24ClN3OS. The largest absolute Gasteiger partial charge is 0.350 e. The van der Waals surface area contributed by atoms with Gasteiger partial charge in [0.1, 0.15) is 0 Å². The van der Waals surface area contributed by atoms with Crippen LogP contribution in [-0.4, -0.2) is 36.5 Å². The van der Waals surface area contributed by atoms with Crippen LogP contribution in [0, 0.1) is 6.92 Å². The molecule has 1 amide bonds. The van der Waals surface area contributed by atoms with Crippen molar-refractivity contribution in [1.82, 2.24) is 10.2 Å². The minimum absolute atomic E-state index is 0. The Morgan fingerprint density at radius 1 is 1.29 bits per heavy atom. The average Bonchev–Trinajstić information content (AvgIpc) is 3.12. The molecule has 1 aromatic carbocycles. The topological polar surface area (TPSA) is 58.4 Å². The van der Waals surface area contributed by atoms with Crippen LogP contribution in [0.2, 0.25) is 0 Å². The molecule has 2 atom stereocenters. The molecule has 1 fully saturated rings. The lowest BCUT2D eigenvalue weighted by Crippen LogP contribution is -2.37. The summed E-state index contributed by atoms with van der Waals surface area (Å²) in [6.45, 7) is 4.72. The fourth-order valence-electron chi connectivity index (χ4n) is 3.12. The number of hydrogen-bond donors (Lipinski definition) is 2. The first-order valence-corrected chi connectivity index (χ1v) is 8.84. The molecule has 1 saturated heterocycles. The van der Waals surface area contributed by atoms with E-state index in [0.717, 1.165) is 13.1 Å². The van der Waals surface area contributed by atoms with Crippen LogP contribution >= 0.6 is 23.7 Å². The number of thiophene rings is 1. The molecule has 1 aromatic heterocycles. The number of nitrogens with one attached hydrogen (secondary N) is 1. The van der Waals surface area contributed by atoms with E-state index < -0.39 is 0 Å². The van der Waals surface area contributed by atoms with E-state index in [1.807, 2.05) is 18.2 Å². The van der Waals surface area contributed by atoms with E-state index in [-0.39, 0.29) is 24.4 Å². The van der Waals surface area contributed by atoms with Gasteiger partial charge in [-0.2, -0.15) is 0 Å². The van der Waals surface area contributed by atoms with Gasteiger partial charge in [0.15, 0.2) is 0 Å². The van der Waals surface area contributed by atoms with Crippen LogP contribution in [0.1, 0.15) is 21.9 Å². The van der Waals surface area contributed by atoms with E-state index in [1.54, 1.807) is 11.3 Å². The molecule has 0 unspecified atom stereocenters. The maximum atomic E-state index is 12.2. The maximum absolute atomic E-state index is 12.2. The number of likely N-dealkylation sites (tertiary alicyclic amines) is 1. The molecule has 2 heterocycles. The van der Waals surface area contributed by atoms with Crippen molar-refractivity contribution in [2.75, 3.05) is 19.6 Å². The Hall–Kier alpha value is -1.40. The zero-order valence-electron chi connectivity index (χ0n) is 13.8. The second kappa shape index (κ2) is 8.62. The molecule has 24 heavy (non-hydrogen) atoms. The van der Waals surface area contributed by atoms with E-state index >= 15 is 0 Å². The Bertz CT molecular complexity index is 661. The lowest BCUT2D eigenvalue weighted by molar-refractivity contribution is -0.122. The zero-order chi connectivity index (χ0) is 16.2. The van der Waals surface area contributed by atoms with Crippen molar-refractivity contribution in [3.63, 3.8) is 0 Å². The third kappa shape index (κ3) is 4.57. The van der Waals surface area contributed by atoms with Gasteiger partial charge in [-0.25, -0.2) is 0 Å². The summed E-state index contributed by atoms with van der Waals surface area (Å²) in [4.78, 5) is 15.5. The smallest absolute Gasteiger partial charge is 0.234 e. The lowest BCUT2D eigenvalue weighted by atomic mass is 9.95. The van der Waals surface area contributed by atoms with Gasteiger partial charge in [0.2, 0.25) is 5.91 Å². The van der Waals surface area contributed by atoms with Gasteiger partial charge in [-0.1, -0.05) is 30.3 Å². The van der Waals surface area contributed by atoms with E-state index in [1.165, 1.54) is 16.0 Å². The van der Waals surface area contributed by atoms with Crippen molar-refractivity contribution >= 4 is 29.7 Å². The van der Waals surface area contributed by atoms with Gasteiger partial charge in [-0.15, -0.1) is 23.7 Å². The van der Waals surface area contributed by atoms with E-state index in [0.29, 0.717) is 19.0 Å². The summed E-state index contributed by atoms with van der Waals surface area (Å²) in [5, 5.41) is 5.07. The highest BCUT2D eigenvalue weighted by Gasteiger charge is 2.31. The van der Waals surface area contributed by atoms with Crippen molar-refractivity contribution in [3.8, 4) is 0 Å². The highest BCUT2D eigenvalue weighted by Crippen LogP contribution is 2.26. The number of nitrogens with zero attached hydrogens (tertiary/aromatic N) is 1. The van der Waals surface area contributed by atoms with Crippen LogP contribution in [0.4, 0.5) is 0 Å². The number of nitrogens with two attached hydrogens (primary N) is 1. The Balaban J connectivity index is 0.00000208. The van der Waals surface area contributed by atoms with E-state index in [4.69, 9.17) is 5.73 Å². The summed E-state index contributed by atoms with van der Waals surface area (Å²) >= 11 is 1.68. The van der Waals surface area contributed by atoms with Crippen LogP contribution in [-0.2, 0) is 11.3 Å². The van der Waals surface area contributed by atoms with E-state index in [2.05, 4.69) is 40.7 Å². The molecule has 0 aliphatic carbocycles. The van der Waals surface area contributed by atoms with Crippen molar-refractivity contribution < 1.29 is 4.79 Å². The van der Waals surface area contributed by atoms with Gasteiger partial charge in [0.25, 0.3) is 0 Å². The second-order valence-electron chi connectivity index (χ2n) is 6.18. The van der Waals surface area contributed by atoms with Crippen molar-refractivity contribution in [3.05, 3.63) is 57.8 Å². The summed E-state index contributed by atoms with van der Waals surface area (Å²) in [5.74, 6) is 0.377. The molecule has 130 valence electrons. The van der Waals surface area contributed by atoms with Gasteiger partial charge in [0.05, 0.1) is 13.1 Å². The normalized spacial score (nSPS) is 20.6. The molecular weight excluding hydrogens is 342 g/mol. The number of amides is 1. The first-order valence-electron chi connectivity index (χ1n) is 7.96. The second-order valence-corrected chi connectivity index (χ2v) is 7.18. The van der Waals surface area contributed by atoms with Crippen molar-refractivity contribution in [1.29, 1.82) is 0 Å². The van der Waals surface area contributed by atoms with Gasteiger partial charge in [0, 0.05) is 29.9 Å². The maximum Gasteiger partial charge on any atom is 0.234 e. The molecule has 2 aromatic rings. The van der Waals surface area contributed by atoms with Crippen molar-refractivity contribution in [2.45, 2.75) is 25.4 Å². The monoisotopic (exact) mass is 365 g/mol. The molecule has 1 aliphatic heterocycles. The first kappa shape index (κ1) is 18.9. The predicted octanol–water partition coefficient (Wildman–Crippen LogP) is 2.52. The Kier molecular flexibility index (Phi) is 6.80. The summed E-state index contributed by atoms with van der Waals surface area (Å²) in [6.07, 6.45) is 0. The minimum atomic E-state index is 0. The number of aryl methyl sites for hydroxylation is 1. The molecule has 0 radical (unpaired) electrons. The van der Waals surface area contributed by atoms with Gasteiger partial charge in [-0.3, -0.25) is 9.69 Å². The van der Waals surface area contributed by atoms with Crippen LogP contribution in [0.25, 0.3) is 0 Å². The van der Waals surface area contributed by atoms with Gasteiger partial charge < -0.3 is 11.1 Å². The molecule has 3 rings (SSSR count). The molecule has 0 spiro atoms. The fraction of sp³-hybridized carbons (Fsp3) is 0.389. The predicted molar refractivity (Wildman–Crippen MR) is 102 cm³/mol. The standard InChI is InChI=1S/C18H23N3OS.ClH/c1-13-7-8-23-17(13)9-20-18(22)12-21-10-15(16(19)11-21)14-5-3-2-4-6-14;/h2-8,15-16H,9-12,19H2,1H3,(H,20,22);1H/t15-,16+;/m0./s1. The van der Waals surface area contributed by atoms with Gasteiger partial charge >= 0.3 is 0 Å². The zero-order valence-corrected chi connectivity index (χ0v) is 15.4. The fourth-order valence-corrected chi connectivity index (χ4v) is 3.96. The summed E-state index contributed by atoms with van der Waals surface area (Å²) < 4.78 is 0. The number of halogens is 1. The Morgan fingerprint density at radius 2 is 2.04 bits per heavy atom. The Labute approximate surface area is 153 Å². The number of benzene rings is 1. The molecule has 3 N–H and O–H groups in total. The quantitative estimate of drug-likeness (QED) is 0.856. The summed E-state index contributed by atoms with van der Waals surface area (Å²) in [7, 11) is 0. The van der Waals surface area contributed by atoms with Gasteiger partial charge in [-0.05, 0) is 29.5 Å². The number of hydrogen-bond acceptors (Lipinski definition) is 4. The summed E-state index contributed by atoms with van der Waals surface area (Å²) in [5.41, 5.74) is 8.78. The first-order chi connectivity index (χ1) is 11.1. The molecule has 0 saturated carbocycles. The lowest BCUT2D eigenvalue weighted by Gasteiger charge is -2.15. The molecule has 0 bridgehead atoms. The van der Waals surface area contributed by atoms with Crippen molar-refractivity contribution in [2.24, 2.45) is 5.73 Å². The van der Waals surface area contributed by atoms with Crippen LogP contribution in [0.3, 0.4) is 0 Å². The van der Waals surface area contributed by atoms with Crippen LogP contribution in [0.5, 0.6) is 0 Å². The molecule has 1 aliphatic rings. The highest BCUT2D eigenvalue weighted by atomic mass is 35.5. The van der Waals surface area contributed by atoms with Crippen LogP contribution in [0.15, 0.2) is 41.8 Å².